The monoisotopic (exact) mass is 465 g/mol. The fraction of sp³-hybridized carbons (Fsp3) is 0.111. The number of anilines is 1. The molecule has 0 unspecified atom stereocenters. The molecule has 0 radical (unpaired) electrons. The Balaban J connectivity index is 1.42. The Hall–Kier alpha value is -3.97. The minimum absolute atomic E-state index is 0.0825. The van der Waals surface area contributed by atoms with Crippen molar-refractivity contribution in [3.05, 3.63) is 90.5 Å². The van der Waals surface area contributed by atoms with Gasteiger partial charge in [-0.15, -0.1) is 10.2 Å². The van der Waals surface area contributed by atoms with Crippen LogP contribution in [0.4, 0.5) is 5.69 Å². The number of rotatable bonds is 6. The van der Waals surface area contributed by atoms with Crippen molar-refractivity contribution >= 4 is 34.3 Å². The van der Waals surface area contributed by atoms with E-state index in [9.17, 15) is 4.79 Å². The van der Waals surface area contributed by atoms with E-state index in [1.807, 2.05) is 97.4 Å². The average Bonchev–Trinajstić information content (AvgIpc) is 3.22. The molecule has 0 bridgehead atoms. The van der Waals surface area contributed by atoms with E-state index in [1.54, 1.807) is 0 Å². The van der Waals surface area contributed by atoms with Crippen LogP contribution in [-0.4, -0.2) is 31.4 Å². The molecule has 0 saturated carbocycles. The summed E-state index contributed by atoms with van der Waals surface area (Å²) in [5.74, 6) is 0.893. The fourth-order valence-corrected chi connectivity index (χ4v) is 4.55. The highest BCUT2D eigenvalue weighted by Crippen LogP contribution is 2.32. The number of carbonyl (C=O) groups excluding carboxylic acids is 1. The molecule has 168 valence electrons. The van der Waals surface area contributed by atoms with Crippen LogP contribution in [0.15, 0.2) is 90.1 Å². The predicted molar refractivity (Wildman–Crippen MR) is 138 cm³/mol. The number of hydrogen-bond acceptors (Lipinski definition) is 5. The Morgan fingerprint density at radius 3 is 2.56 bits per heavy atom. The number of benzene rings is 3. The molecule has 34 heavy (non-hydrogen) atoms. The molecule has 6 nitrogen and oxygen atoms in total. The van der Waals surface area contributed by atoms with Crippen molar-refractivity contribution in [3.8, 4) is 22.6 Å². The molecule has 7 heteroatoms. The predicted octanol–water partition coefficient (Wildman–Crippen LogP) is 5.74. The van der Waals surface area contributed by atoms with E-state index in [1.165, 1.54) is 11.8 Å². The number of nitrogens with zero attached hydrogens (tertiary/aromatic N) is 4. The van der Waals surface area contributed by atoms with E-state index in [0.717, 1.165) is 44.8 Å². The Bertz CT molecular complexity index is 1480. The SMILES string of the molecule is Cc1cccc(NC(=O)CSc2nnc(-c3cc(-c4ccccc4)nc4ccccc34)n2C)c1. The van der Waals surface area contributed by atoms with Gasteiger partial charge in [-0.3, -0.25) is 4.79 Å². The van der Waals surface area contributed by atoms with Crippen LogP contribution in [-0.2, 0) is 11.8 Å². The first-order valence-electron chi connectivity index (χ1n) is 10.9. The lowest BCUT2D eigenvalue weighted by Gasteiger charge is -2.10. The number of aromatic nitrogens is 4. The van der Waals surface area contributed by atoms with Gasteiger partial charge in [-0.05, 0) is 36.8 Å². The average molecular weight is 466 g/mol. The number of hydrogen-bond donors (Lipinski definition) is 1. The van der Waals surface area contributed by atoms with Gasteiger partial charge in [0.1, 0.15) is 0 Å². The summed E-state index contributed by atoms with van der Waals surface area (Å²) in [5, 5.41) is 13.5. The van der Waals surface area contributed by atoms with Gasteiger partial charge >= 0.3 is 0 Å². The number of nitrogens with one attached hydrogen (secondary N) is 1. The molecule has 0 spiro atoms. The van der Waals surface area contributed by atoms with Crippen molar-refractivity contribution in [3.63, 3.8) is 0 Å². The second-order valence-electron chi connectivity index (χ2n) is 8.01. The van der Waals surface area contributed by atoms with E-state index in [0.29, 0.717) is 5.16 Å². The zero-order chi connectivity index (χ0) is 23.5. The maximum Gasteiger partial charge on any atom is 0.234 e. The Morgan fingerprint density at radius 2 is 1.74 bits per heavy atom. The first-order chi connectivity index (χ1) is 16.6. The number of para-hydroxylation sites is 1. The van der Waals surface area contributed by atoms with Gasteiger partial charge < -0.3 is 9.88 Å². The molecule has 2 aromatic heterocycles. The van der Waals surface area contributed by atoms with Crippen LogP contribution in [0.25, 0.3) is 33.5 Å². The Kier molecular flexibility index (Phi) is 6.10. The zero-order valence-corrected chi connectivity index (χ0v) is 19.7. The molecule has 0 aliphatic heterocycles. The van der Waals surface area contributed by atoms with Gasteiger partial charge in [0, 0.05) is 29.2 Å². The second kappa shape index (κ2) is 9.49. The second-order valence-corrected chi connectivity index (χ2v) is 8.95. The molecule has 0 atom stereocenters. The smallest absolute Gasteiger partial charge is 0.234 e. The molecule has 2 heterocycles. The lowest BCUT2D eigenvalue weighted by Crippen LogP contribution is -2.14. The van der Waals surface area contributed by atoms with Crippen LogP contribution < -0.4 is 5.32 Å². The summed E-state index contributed by atoms with van der Waals surface area (Å²) in [6.07, 6.45) is 0. The summed E-state index contributed by atoms with van der Waals surface area (Å²) in [6, 6.07) is 27.9. The standard InChI is InChI=1S/C27H23N5OS/c1-18-9-8-12-20(15-18)28-25(33)17-34-27-31-30-26(32(27)2)22-16-24(19-10-4-3-5-11-19)29-23-14-7-6-13-21(22)23/h3-16H,17H2,1-2H3,(H,28,33). The number of thioether (sulfide) groups is 1. The summed E-state index contributed by atoms with van der Waals surface area (Å²) in [7, 11) is 1.92. The number of aryl methyl sites for hydroxylation is 1. The molecule has 0 aliphatic carbocycles. The van der Waals surface area contributed by atoms with Crippen molar-refractivity contribution in [1.29, 1.82) is 0 Å². The van der Waals surface area contributed by atoms with Gasteiger partial charge in [0.25, 0.3) is 0 Å². The summed E-state index contributed by atoms with van der Waals surface area (Å²) >= 11 is 1.36. The molecule has 5 aromatic rings. The summed E-state index contributed by atoms with van der Waals surface area (Å²) in [6.45, 7) is 2.00. The van der Waals surface area contributed by atoms with Crippen molar-refractivity contribution < 1.29 is 4.79 Å². The number of pyridine rings is 1. The summed E-state index contributed by atoms with van der Waals surface area (Å²) in [4.78, 5) is 17.3. The van der Waals surface area contributed by atoms with E-state index in [4.69, 9.17) is 4.98 Å². The molecule has 0 saturated heterocycles. The fourth-order valence-electron chi connectivity index (χ4n) is 3.84. The highest BCUT2D eigenvalue weighted by atomic mass is 32.2. The van der Waals surface area contributed by atoms with Crippen LogP contribution in [0.3, 0.4) is 0 Å². The topological polar surface area (TPSA) is 72.7 Å². The molecule has 0 fully saturated rings. The third kappa shape index (κ3) is 4.56. The van der Waals surface area contributed by atoms with E-state index in [2.05, 4.69) is 21.6 Å². The van der Waals surface area contributed by atoms with Crippen molar-refractivity contribution in [1.82, 2.24) is 19.7 Å². The molecule has 3 aromatic carbocycles. The highest BCUT2D eigenvalue weighted by Gasteiger charge is 2.17. The number of amides is 1. The van der Waals surface area contributed by atoms with Gasteiger partial charge in [-0.2, -0.15) is 0 Å². The van der Waals surface area contributed by atoms with Crippen LogP contribution >= 0.6 is 11.8 Å². The Labute approximate surface area is 202 Å². The third-order valence-electron chi connectivity index (χ3n) is 5.50. The van der Waals surface area contributed by atoms with Gasteiger partial charge in [0.2, 0.25) is 5.91 Å². The normalized spacial score (nSPS) is 11.0. The first-order valence-corrected chi connectivity index (χ1v) is 11.9. The quantitative estimate of drug-likeness (QED) is 0.324. The van der Waals surface area contributed by atoms with Crippen LogP contribution in [0.2, 0.25) is 0 Å². The zero-order valence-electron chi connectivity index (χ0n) is 18.9. The van der Waals surface area contributed by atoms with E-state index < -0.39 is 0 Å². The minimum atomic E-state index is -0.0825. The van der Waals surface area contributed by atoms with Gasteiger partial charge in [-0.1, -0.05) is 72.4 Å². The molecule has 1 N–H and O–H groups in total. The maximum absolute atomic E-state index is 12.5. The molecular formula is C27H23N5OS. The van der Waals surface area contributed by atoms with Crippen molar-refractivity contribution in [2.75, 3.05) is 11.1 Å². The molecule has 0 aliphatic rings. The van der Waals surface area contributed by atoms with Crippen LogP contribution in [0.1, 0.15) is 5.56 Å². The van der Waals surface area contributed by atoms with Crippen LogP contribution in [0.5, 0.6) is 0 Å². The van der Waals surface area contributed by atoms with Gasteiger partial charge in [0.05, 0.1) is 17.0 Å². The van der Waals surface area contributed by atoms with Crippen LogP contribution in [0, 0.1) is 6.92 Å². The molecule has 1 amide bonds. The Morgan fingerprint density at radius 1 is 0.941 bits per heavy atom. The molecular weight excluding hydrogens is 442 g/mol. The lowest BCUT2D eigenvalue weighted by atomic mass is 10.0. The summed E-state index contributed by atoms with van der Waals surface area (Å²) < 4.78 is 1.93. The van der Waals surface area contributed by atoms with E-state index >= 15 is 0 Å². The highest BCUT2D eigenvalue weighted by molar-refractivity contribution is 7.99. The number of carbonyl (C=O) groups is 1. The maximum atomic E-state index is 12.5. The first kappa shape index (κ1) is 21.9. The third-order valence-corrected chi connectivity index (χ3v) is 6.52. The van der Waals surface area contributed by atoms with Crippen molar-refractivity contribution in [2.45, 2.75) is 12.1 Å². The van der Waals surface area contributed by atoms with Gasteiger partial charge in [0.15, 0.2) is 11.0 Å². The molecule has 5 rings (SSSR count). The lowest BCUT2D eigenvalue weighted by molar-refractivity contribution is -0.113. The van der Waals surface area contributed by atoms with Gasteiger partial charge in [-0.25, -0.2) is 4.98 Å². The minimum Gasteiger partial charge on any atom is -0.325 e. The van der Waals surface area contributed by atoms with E-state index in [-0.39, 0.29) is 11.7 Å². The summed E-state index contributed by atoms with van der Waals surface area (Å²) in [5.41, 5.74) is 5.66. The van der Waals surface area contributed by atoms with Crippen molar-refractivity contribution in [2.24, 2.45) is 7.05 Å². The largest absolute Gasteiger partial charge is 0.325 e. The number of fused-ring (bicyclic) bond motifs is 1.